The normalized spacial score (nSPS) is 11.6. The van der Waals surface area contributed by atoms with Crippen LogP contribution in [0.25, 0.3) is 82.5 Å². The van der Waals surface area contributed by atoms with E-state index >= 15 is 0 Å². The third-order valence-corrected chi connectivity index (χ3v) is 11.0. The zero-order valence-corrected chi connectivity index (χ0v) is 29.9. The van der Waals surface area contributed by atoms with Crippen LogP contribution in [0.2, 0.25) is 0 Å². The molecule has 258 valence electrons. The number of para-hydroxylation sites is 3. The highest BCUT2D eigenvalue weighted by atomic mass is 16.3. The average Bonchev–Trinajstić information content (AvgIpc) is 3.81. The molecule has 0 amide bonds. The summed E-state index contributed by atoms with van der Waals surface area (Å²) in [5, 5.41) is 7.01. The van der Waals surface area contributed by atoms with Crippen LogP contribution < -0.4 is 4.90 Å². The number of hydrogen-bond acceptors (Lipinski definition) is 2. The Labute approximate surface area is 318 Å². The fourth-order valence-electron chi connectivity index (χ4n) is 8.41. The van der Waals surface area contributed by atoms with E-state index in [2.05, 4.69) is 204 Å². The lowest BCUT2D eigenvalue weighted by Gasteiger charge is -2.27. The highest BCUT2D eigenvalue weighted by Gasteiger charge is 2.21. The van der Waals surface area contributed by atoms with Gasteiger partial charge >= 0.3 is 0 Å². The van der Waals surface area contributed by atoms with Crippen molar-refractivity contribution in [2.45, 2.75) is 0 Å². The summed E-state index contributed by atoms with van der Waals surface area (Å²) in [5.41, 5.74) is 13.3. The Morgan fingerprint density at radius 2 is 1.00 bits per heavy atom. The van der Waals surface area contributed by atoms with Gasteiger partial charge in [-0.1, -0.05) is 133 Å². The summed E-state index contributed by atoms with van der Waals surface area (Å²) in [6.07, 6.45) is 0. The maximum absolute atomic E-state index is 6.41. The smallest absolute Gasteiger partial charge is 0.143 e. The van der Waals surface area contributed by atoms with E-state index in [0.717, 1.165) is 66.7 Å². The molecule has 2 aromatic heterocycles. The van der Waals surface area contributed by atoms with Crippen molar-refractivity contribution >= 4 is 71.6 Å². The Hall–Kier alpha value is -7.36. The van der Waals surface area contributed by atoms with E-state index in [1.165, 1.54) is 32.8 Å². The predicted octanol–water partition coefficient (Wildman–Crippen LogP) is 14.6. The fourth-order valence-corrected chi connectivity index (χ4v) is 8.41. The van der Waals surface area contributed by atoms with E-state index in [4.69, 9.17) is 4.42 Å². The molecule has 11 aromatic rings. The number of benzene rings is 9. The molecule has 9 aromatic carbocycles. The fraction of sp³-hybridized carbons (Fsp3) is 0. The monoisotopic (exact) mass is 702 g/mol. The minimum Gasteiger partial charge on any atom is -0.455 e. The Balaban J connectivity index is 1.05. The van der Waals surface area contributed by atoms with Crippen molar-refractivity contribution in [3.63, 3.8) is 0 Å². The summed E-state index contributed by atoms with van der Waals surface area (Å²) in [6.45, 7) is 0. The Morgan fingerprint density at radius 3 is 1.85 bits per heavy atom. The minimum absolute atomic E-state index is 0.918. The van der Waals surface area contributed by atoms with Crippen molar-refractivity contribution in [2.75, 3.05) is 4.90 Å². The number of hydrogen-bond donors (Lipinski definition) is 0. The van der Waals surface area contributed by atoms with Crippen LogP contribution >= 0.6 is 0 Å². The molecule has 0 fully saturated rings. The summed E-state index contributed by atoms with van der Waals surface area (Å²) >= 11 is 0. The molecule has 0 atom stereocenters. The van der Waals surface area contributed by atoms with Gasteiger partial charge in [0, 0.05) is 44.0 Å². The van der Waals surface area contributed by atoms with Gasteiger partial charge in [-0.2, -0.15) is 0 Å². The number of furan rings is 1. The molecule has 0 aliphatic carbocycles. The first-order chi connectivity index (χ1) is 27.3. The van der Waals surface area contributed by atoms with Crippen molar-refractivity contribution in [1.82, 2.24) is 4.57 Å². The van der Waals surface area contributed by atoms with Gasteiger partial charge in [0.25, 0.3) is 0 Å². The molecule has 0 saturated carbocycles. The lowest BCUT2D eigenvalue weighted by Crippen LogP contribution is -2.10. The zero-order chi connectivity index (χ0) is 36.3. The van der Waals surface area contributed by atoms with E-state index in [0.29, 0.717) is 0 Å². The first-order valence-electron chi connectivity index (χ1n) is 18.8. The minimum atomic E-state index is 0.918. The van der Waals surface area contributed by atoms with Crippen LogP contribution in [0.15, 0.2) is 211 Å². The van der Waals surface area contributed by atoms with Gasteiger partial charge in [-0.05, 0) is 100 Å². The van der Waals surface area contributed by atoms with Gasteiger partial charge in [0.1, 0.15) is 11.2 Å². The topological polar surface area (TPSA) is 21.3 Å². The van der Waals surface area contributed by atoms with Gasteiger partial charge in [0.2, 0.25) is 0 Å². The average molecular weight is 703 g/mol. The van der Waals surface area contributed by atoms with Crippen molar-refractivity contribution in [3.8, 4) is 27.9 Å². The summed E-state index contributed by atoms with van der Waals surface area (Å²) in [4.78, 5) is 2.40. The van der Waals surface area contributed by atoms with Crippen LogP contribution in [-0.2, 0) is 0 Å². The van der Waals surface area contributed by atoms with Crippen LogP contribution in [0.5, 0.6) is 0 Å². The number of anilines is 3. The van der Waals surface area contributed by atoms with Crippen LogP contribution in [-0.4, -0.2) is 4.57 Å². The lowest BCUT2D eigenvalue weighted by atomic mass is 9.99. The van der Waals surface area contributed by atoms with Gasteiger partial charge in [0.15, 0.2) is 0 Å². The maximum Gasteiger partial charge on any atom is 0.143 e. The highest BCUT2D eigenvalue weighted by molar-refractivity contribution is 6.17. The van der Waals surface area contributed by atoms with E-state index in [1.807, 2.05) is 12.1 Å². The molecule has 0 saturated heterocycles. The van der Waals surface area contributed by atoms with Crippen molar-refractivity contribution < 1.29 is 4.42 Å². The number of nitrogens with zero attached hydrogens (tertiary/aromatic N) is 2. The second-order valence-electron chi connectivity index (χ2n) is 14.1. The van der Waals surface area contributed by atoms with Gasteiger partial charge < -0.3 is 13.9 Å². The van der Waals surface area contributed by atoms with Gasteiger partial charge in [0.05, 0.1) is 16.7 Å². The van der Waals surface area contributed by atoms with Crippen LogP contribution in [0.4, 0.5) is 17.1 Å². The van der Waals surface area contributed by atoms with Gasteiger partial charge in [-0.3, -0.25) is 0 Å². The van der Waals surface area contributed by atoms with Gasteiger partial charge in [-0.25, -0.2) is 0 Å². The molecule has 0 spiro atoms. The summed E-state index contributed by atoms with van der Waals surface area (Å²) in [5.74, 6) is 0. The molecule has 11 rings (SSSR count). The van der Waals surface area contributed by atoms with Crippen LogP contribution in [0, 0.1) is 0 Å². The molecular weight excluding hydrogens is 669 g/mol. The first kappa shape index (κ1) is 31.2. The molecule has 0 unspecified atom stereocenters. The van der Waals surface area contributed by atoms with Crippen molar-refractivity contribution in [3.05, 3.63) is 206 Å². The molecule has 0 radical (unpaired) electrons. The second kappa shape index (κ2) is 12.6. The number of rotatable bonds is 6. The lowest BCUT2D eigenvalue weighted by molar-refractivity contribution is 0.672. The molecule has 3 nitrogen and oxygen atoms in total. The van der Waals surface area contributed by atoms with Crippen LogP contribution in [0.3, 0.4) is 0 Å². The Kier molecular flexibility index (Phi) is 7.17. The number of fused-ring (bicyclic) bond motifs is 8. The molecule has 3 heteroatoms. The molecule has 0 N–H and O–H groups in total. The summed E-state index contributed by atoms with van der Waals surface area (Å²) < 4.78 is 8.81. The molecular formula is C52H34N2O. The summed E-state index contributed by atoms with van der Waals surface area (Å²) in [6, 6.07) is 73.9. The van der Waals surface area contributed by atoms with E-state index in [1.54, 1.807) is 0 Å². The maximum atomic E-state index is 6.41. The number of aromatic nitrogens is 1. The van der Waals surface area contributed by atoms with Crippen molar-refractivity contribution in [2.24, 2.45) is 0 Å². The highest BCUT2D eigenvalue weighted by Crippen LogP contribution is 2.44. The first-order valence-corrected chi connectivity index (χ1v) is 18.8. The molecule has 2 heterocycles. The van der Waals surface area contributed by atoms with E-state index < -0.39 is 0 Å². The Bertz CT molecular complexity index is 3190. The SMILES string of the molecule is c1ccc(-c2cccc(N(c3ccccc3)c3cccc4c3c3ccccc3n4-c3ccc(-c4ccc5ccc6c7ccccc7oc6c5c4)cc3)c2)cc1. The van der Waals surface area contributed by atoms with Gasteiger partial charge in [-0.15, -0.1) is 0 Å². The Morgan fingerprint density at radius 1 is 0.382 bits per heavy atom. The van der Waals surface area contributed by atoms with Crippen molar-refractivity contribution in [1.29, 1.82) is 0 Å². The molecule has 0 aliphatic heterocycles. The second-order valence-corrected chi connectivity index (χ2v) is 14.1. The quantitative estimate of drug-likeness (QED) is 0.172. The third-order valence-electron chi connectivity index (χ3n) is 11.0. The third kappa shape index (κ3) is 5.13. The standard InChI is InChI=1S/C52H34N2O/c1-3-13-35(14-4-1)38-15-11-18-42(33-38)53(40-16-5-2-6-17-40)48-22-12-23-49-51(48)45-20-7-9-21-47(45)54(49)41-30-27-36(28-31-41)39-26-25-37-29-32-44-43-19-8-10-24-50(43)55-52(44)46(37)34-39/h1-34H. The van der Waals surface area contributed by atoms with Crippen LogP contribution in [0.1, 0.15) is 0 Å². The van der Waals surface area contributed by atoms with E-state index in [9.17, 15) is 0 Å². The predicted molar refractivity (Wildman–Crippen MR) is 231 cm³/mol. The molecule has 0 bridgehead atoms. The summed E-state index contributed by atoms with van der Waals surface area (Å²) in [7, 11) is 0. The largest absolute Gasteiger partial charge is 0.455 e. The zero-order valence-electron chi connectivity index (χ0n) is 29.9. The molecule has 0 aliphatic rings. The molecule has 55 heavy (non-hydrogen) atoms. The van der Waals surface area contributed by atoms with E-state index in [-0.39, 0.29) is 0 Å².